The first-order valence-electron chi connectivity index (χ1n) is 5.99. The third-order valence-electron chi connectivity index (χ3n) is 2.39. The Hall–Kier alpha value is -1.55. The fourth-order valence-electron chi connectivity index (χ4n) is 1.37. The van der Waals surface area contributed by atoms with E-state index in [-0.39, 0.29) is 23.7 Å². The third-order valence-corrected chi connectivity index (χ3v) is 3.87. The molecule has 1 aromatic rings. The Morgan fingerprint density at radius 1 is 1.25 bits per heavy atom. The first-order chi connectivity index (χ1) is 9.47. The molecule has 1 aromatic carbocycles. The van der Waals surface area contributed by atoms with E-state index in [1.165, 1.54) is 12.1 Å². The maximum absolute atomic E-state index is 11.8. The number of hydrogen-bond acceptors (Lipinski definition) is 6. The number of nitrogens with zero attached hydrogens (tertiary/aromatic N) is 1. The van der Waals surface area contributed by atoms with E-state index in [0.29, 0.717) is 13.2 Å². The molecule has 0 unspecified atom stereocenters. The van der Waals surface area contributed by atoms with Gasteiger partial charge in [0.2, 0.25) is 10.0 Å². The lowest BCUT2D eigenvalue weighted by molar-refractivity contribution is -0.384. The van der Waals surface area contributed by atoms with E-state index in [2.05, 4.69) is 4.72 Å². The zero-order valence-electron chi connectivity index (χ0n) is 10.8. The summed E-state index contributed by atoms with van der Waals surface area (Å²) < 4.78 is 31.2. The Morgan fingerprint density at radius 3 is 2.45 bits per heavy atom. The summed E-state index contributed by atoms with van der Waals surface area (Å²) in [6.45, 7) is 1.38. The minimum absolute atomic E-state index is 0.0231. The van der Waals surface area contributed by atoms with Crippen LogP contribution in [-0.2, 0) is 14.8 Å². The van der Waals surface area contributed by atoms with Gasteiger partial charge in [-0.3, -0.25) is 10.1 Å². The van der Waals surface area contributed by atoms with E-state index in [0.717, 1.165) is 18.6 Å². The van der Waals surface area contributed by atoms with Gasteiger partial charge in [0.15, 0.2) is 0 Å². The molecule has 0 fully saturated rings. The smallest absolute Gasteiger partial charge is 0.269 e. The van der Waals surface area contributed by atoms with Gasteiger partial charge in [0.25, 0.3) is 5.69 Å². The van der Waals surface area contributed by atoms with Crippen LogP contribution in [0.25, 0.3) is 0 Å². The van der Waals surface area contributed by atoms with Crippen LogP contribution in [0.15, 0.2) is 29.2 Å². The van der Waals surface area contributed by atoms with Gasteiger partial charge in [-0.05, 0) is 25.1 Å². The summed E-state index contributed by atoms with van der Waals surface area (Å²) in [6, 6.07) is 4.67. The number of nitro benzene ring substituents is 1. The van der Waals surface area contributed by atoms with Gasteiger partial charge in [-0.1, -0.05) is 0 Å². The molecule has 0 aliphatic carbocycles. The van der Waals surface area contributed by atoms with Crippen molar-refractivity contribution in [2.75, 3.05) is 26.3 Å². The quantitative estimate of drug-likeness (QED) is 0.382. The van der Waals surface area contributed by atoms with Gasteiger partial charge < -0.3 is 10.5 Å². The van der Waals surface area contributed by atoms with E-state index in [1.807, 2.05) is 0 Å². The molecule has 1 rings (SSSR count). The maximum Gasteiger partial charge on any atom is 0.269 e. The number of nitro groups is 1. The molecule has 0 saturated carbocycles. The summed E-state index contributed by atoms with van der Waals surface area (Å²) in [5.41, 5.74) is 5.12. The summed E-state index contributed by atoms with van der Waals surface area (Å²) in [4.78, 5) is 9.86. The Morgan fingerprint density at radius 2 is 1.90 bits per heavy atom. The first kappa shape index (κ1) is 16.5. The average molecular weight is 303 g/mol. The van der Waals surface area contributed by atoms with Crippen LogP contribution in [0.4, 0.5) is 5.69 Å². The SMILES string of the molecule is NCCCOCCNS(=O)(=O)c1ccc([N+](=O)[O-])cc1. The minimum atomic E-state index is -3.67. The predicted molar refractivity (Wildman–Crippen MR) is 72.8 cm³/mol. The summed E-state index contributed by atoms with van der Waals surface area (Å²) in [5, 5.41) is 10.5. The average Bonchev–Trinajstić information content (AvgIpc) is 2.43. The van der Waals surface area contributed by atoms with E-state index >= 15 is 0 Å². The number of nitrogens with one attached hydrogen (secondary N) is 1. The number of ether oxygens (including phenoxy) is 1. The lowest BCUT2D eigenvalue weighted by Crippen LogP contribution is -2.27. The van der Waals surface area contributed by atoms with E-state index in [9.17, 15) is 18.5 Å². The summed E-state index contributed by atoms with van der Waals surface area (Å²) in [6.07, 6.45) is 0.717. The molecule has 0 spiro atoms. The summed E-state index contributed by atoms with van der Waals surface area (Å²) in [7, 11) is -3.67. The second-order valence-corrected chi connectivity index (χ2v) is 5.67. The molecule has 0 aliphatic rings. The van der Waals surface area contributed by atoms with Crippen molar-refractivity contribution in [1.82, 2.24) is 4.72 Å². The summed E-state index contributed by atoms with van der Waals surface area (Å²) in [5.74, 6) is 0. The Balaban J connectivity index is 2.49. The Labute approximate surface area is 117 Å². The molecule has 112 valence electrons. The molecule has 0 atom stereocenters. The van der Waals surface area contributed by atoms with Gasteiger partial charge in [-0.25, -0.2) is 13.1 Å². The van der Waals surface area contributed by atoms with Crippen molar-refractivity contribution >= 4 is 15.7 Å². The molecule has 0 aliphatic heterocycles. The van der Waals surface area contributed by atoms with E-state index in [4.69, 9.17) is 10.5 Å². The van der Waals surface area contributed by atoms with Crippen LogP contribution in [0, 0.1) is 10.1 Å². The summed E-state index contributed by atoms with van der Waals surface area (Å²) >= 11 is 0. The topological polar surface area (TPSA) is 125 Å². The molecule has 9 heteroatoms. The number of non-ortho nitro benzene ring substituents is 1. The Kier molecular flexibility index (Phi) is 6.52. The highest BCUT2D eigenvalue weighted by Crippen LogP contribution is 2.15. The fraction of sp³-hybridized carbons (Fsp3) is 0.455. The van der Waals surface area contributed by atoms with Crippen LogP contribution >= 0.6 is 0 Å². The van der Waals surface area contributed by atoms with Crippen LogP contribution in [-0.4, -0.2) is 39.6 Å². The largest absolute Gasteiger partial charge is 0.380 e. The molecule has 0 amide bonds. The first-order valence-corrected chi connectivity index (χ1v) is 7.47. The number of nitrogens with two attached hydrogens (primary N) is 1. The normalized spacial score (nSPS) is 11.4. The molecule has 0 heterocycles. The molecule has 0 saturated heterocycles. The molecular formula is C11H17N3O5S. The lowest BCUT2D eigenvalue weighted by Gasteiger charge is -2.07. The van der Waals surface area contributed by atoms with Crippen molar-refractivity contribution in [3.05, 3.63) is 34.4 Å². The molecular weight excluding hydrogens is 286 g/mol. The van der Waals surface area contributed by atoms with Gasteiger partial charge >= 0.3 is 0 Å². The number of benzene rings is 1. The Bertz CT molecular complexity index is 529. The van der Waals surface area contributed by atoms with Crippen molar-refractivity contribution < 1.29 is 18.1 Å². The molecule has 8 nitrogen and oxygen atoms in total. The van der Waals surface area contributed by atoms with Gasteiger partial charge in [0.05, 0.1) is 16.4 Å². The van der Waals surface area contributed by atoms with E-state index in [1.54, 1.807) is 0 Å². The fourth-order valence-corrected chi connectivity index (χ4v) is 2.38. The van der Waals surface area contributed by atoms with Crippen LogP contribution in [0.5, 0.6) is 0 Å². The molecule has 3 N–H and O–H groups in total. The number of hydrogen-bond donors (Lipinski definition) is 2. The molecule has 0 aromatic heterocycles. The predicted octanol–water partition coefficient (Wildman–Crippen LogP) is 0.239. The highest BCUT2D eigenvalue weighted by molar-refractivity contribution is 7.89. The standard InChI is InChI=1S/C11H17N3O5S/c12-6-1-8-19-9-7-13-20(17,18)11-4-2-10(3-5-11)14(15)16/h2-5,13H,1,6-9,12H2. The maximum atomic E-state index is 11.8. The molecule has 0 radical (unpaired) electrons. The van der Waals surface area contributed by atoms with Gasteiger partial charge in [-0.2, -0.15) is 0 Å². The van der Waals surface area contributed by atoms with Crippen molar-refractivity contribution in [2.45, 2.75) is 11.3 Å². The molecule has 0 bridgehead atoms. The highest BCUT2D eigenvalue weighted by Gasteiger charge is 2.15. The van der Waals surface area contributed by atoms with Gasteiger partial charge in [0, 0.05) is 25.3 Å². The third kappa shape index (κ3) is 5.21. The van der Waals surface area contributed by atoms with Gasteiger partial charge in [0.1, 0.15) is 0 Å². The second-order valence-electron chi connectivity index (χ2n) is 3.90. The lowest BCUT2D eigenvalue weighted by atomic mass is 10.3. The zero-order valence-corrected chi connectivity index (χ0v) is 11.6. The van der Waals surface area contributed by atoms with Crippen LogP contribution in [0.1, 0.15) is 6.42 Å². The minimum Gasteiger partial charge on any atom is -0.380 e. The highest BCUT2D eigenvalue weighted by atomic mass is 32.2. The van der Waals surface area contributed by atoms with Gasteiger partial charge in [-0.15, -0.1) is 0 Å². The molecule has 20 heavy (non-hydrogen) atoms. The monoisotopic (exact) mass is 303 g/mol. The van der Waals surface area contributed by atoms with Crippen molar-refractivity contribution in [3.63, 3.8) is 0 Å². The van der Waals surface area contributed by atoms with Crippen molar-refractivity contribution in [3.8, 4) is 0 Å². The number of sulfonamides is 1. The number of rotatable bonds is 9. The van der Waals surface area contributed by atoms with Crippen molar-refractivity contribution in [1.29, 1.82) is 0 Å². The van der Waals surface area contributed by atoms with Crippen LogP contribution in [0.2, 0.25) is 0 Å². The van der Waals surface area contributed by atoms with Crippen molar-refractivity contribution in [2.24, 2.45) is 5.73 Å². The van der Waals surface area contributed by atoms with Crippen LogP contribution < -0.4 is 10.5 Å². The van der Waals surface area contributed by atoms with Crippen LogP contribution in [0.3, 0.4) is 0 Å². The zero-order chi connectivity index (χ0) is 15.0. The van der Waals surface area contributed by atoms with E-state index < -0.39 is 14.9 Å². The second kappa shape index (κ2) is 7.90.